The molecule has 1 aromatic carbocycles. The average Bonchev–Trinajstić information content (AvgIpc) is 2.38. The average molecular weight is 259 g/mol. The van der Waals surface area contributed by atoms with Crippen molar-refractivity contribution < 1.29 is 9.53 Å². The minimum absolute atomic E-state index is 0.0123. The minimum Gasteiger partial charge on any atom is -0.451 e. The molecule has 1 rings (SSSR count). The van der Waals surface area contributed by atoms with Crippen molar-refractivity contribution in [3.63, 3.8) is 0 Å². The van der Waals surface area contributed by atoms with Gasteiger partial charge in [-0.2, -0.15) is 0 Å². The molecule has 0 fully saturated rings. The van der Waals surface area contributed by atoms with E-state index >= 15 is 0 Å². The Balaban J connectivity index is 2.87. The van der Waals surface area contributed by atoms with Gasteiger partial charge in [-0.05, 0) is 38.3 Å². The fraction of sp³-hybridized carbons (Fsp3) is 0.438. The monoisotopic (exact) mass is 259 g/mol. The molecular weight excluding hydrogens is 238 g/mol. The molecule has 3 nitrogen and oxygen atoms in total. The third kappa shape index (κ3) is 4.03. The molecule has 0 aromatic heterocycles. The number of carbonyl (C=O) groups excluding carboxylic acids is 1. The topological polar surface area (TPSA) is 38.3 Å². The van der Waals surface area contributed by atoms with Gasteiger partial charge in [-0.15, -0.1) is 6.42 Å². The number of hydrogen-bond acceptors (Lipinski definition) is 3. The number of benzene rings is 1. The number of nitrogens with one attached hydrogen (secondary N) is 1. The zero-order chi connectivity index (χ0) is 14.4. The van der Waals surface area contributed by atoms with E-state index in [9.17, 15) is 4.79 Å². The molecule has 1 atom stereocenters. The Hall–Kier alpha value is -1.95. The van der Waals surface area contributed by atoms with E-state index in [1.165, 1.54) is 11.1 Å². The van der Waals surface area contributed by atoms with Gasteiger partial charge in [0.25, 0.3) is 0 Å². The summed E-state index contributed by atoms with van der Waals surface area (Å²) in [4.78, 5) is 11.7. The Morgan fingerprint density at radius 2 is 2.16 bits per heavy atom. The predicted molar refractivity (Wildman–Crippen MR) is 78.2 cm³/mol. The van der Waals surface area contributed by atoms with Crippen LogP contribution in [0.5, 0.6) is 0 Å². The van der Waals surface area contributed by atoms with E-state index in [-0.39, 0.29) is 12.6 Å². The largest absolute Gasteiger partial charge is 0.451 e. The summed E-state index contributed by atoms with van der Waals surface area (Å²) >= 11 is 0. The summed E-state index contributed by atoms with van der Waals surface area (Å²) in [7, 11) is 0. The molecule has 0 unspecified atom stereocenters. The highest BCUT2D eigenvalue weighted by molar-refractivity contribution is 5.80. The second-order valence-electron chi connectivity index (χ2n) is 4.65. The third-order valence-corrected chi connectivity index (χ3v) is 2.95. The van der Waals surface area contributed by atoms with Crippen LogP contribution in [0.15, 0.2) is 12.1 Å². The second-order valence-corrected chi connectivity index (χ2v) is 4.65. The highest BCUT2D eigenvalue weighted by Gasteiger charge is 2.16. The lowest BCUT2D eigenvalue weighted by atomic mass is 10.0. The highest BCUT2D eigenvalue weighted by Crippen LogP contribution is 2.24. The zero-order valence-corrected chi connectivity index (χ0v) is 12.0. The van der Waals surface area contributed by atoms with E-state index in [1.807, 2.05) is 6.92 Å². The molecule has 0 amide bonds. The maximum absolute atomic E-state index is 11.7. The first-order chi connectivity index (χ1) is 8.99. The number of anilines is 1. The van der Waals surface area contributed by atoms with Crippen molar-refractivity contribution in [2.45, 2.75) is 40.2 Å². The van der Waals surface area contributed by atoms with Crippen LogP contribution < -0.4 is 5.32 Å². The molecule has 1 aromatic rings. The van der Waals surface area contributed by atoms with Gasteiger partial charge in [-0.3, -0.25) is 0 Å². The molecule has 0 radical (unpaired) electrons. The van der Waals surface area contributed by atoms with Gasteiger partial charge in [0.1, 0.15) is 6.04 Å². The summed E-state index contributed by atoms with van der Waals surface area (Å²) < 4.78 is 4.92. The number of ether oxygens (including phenoxy) is 1. The van der Waals surface area contributed by atoms with Crippen molar-refractivity contribution in [3.05, 3.63) is 28.8 Å². The Morgan fingerprint density at radius 1 is 1.47 bits per heavy atom. The van der Waals surface area contributed by atoms with Crippen LogP contribution in [0.2, 0.25) is 0 Å². The molecule has 19 heavy (non-hydrogen) atoms. The molecule has 102 valence electrons. The lowest BCUT2D eigenvalue weighted by Gasteiger charge is -2.19. The van der Waals surface area contributed by atoms with Crippen LogP contribution in [0.1, 0.15) is 30.5 Å². The van der Waals surface area contributed by atoms with Crippen LogP contribution in [-0.4, -0.2) is 18.6 Å². The first-order valence-corrected chi connectivity index (χ1v) is 6.46. The van der Waals surface area contributed by atoms with Crippen LogP contribution in [0.25, 0.3) is 0 Å². The van der Waals surface area contributed by atoms with Gasteiger partial charge in [0.05, 0.1) is 0 Å². The van der Waals surface area contributed by atoms with E-state index in [1.54, 1.807) is 6.92 Å². The molecule has 0 saturated heterocycles. The number of aryl methyl sites for hydroxylation is 3. The molecule has 0 heterocycles. The van der Waals surface area contributed by atoms with E-state index in [0.29, 0.717) is 0 Å². The highest BCUT2D eigenvalue weighted by atomic mass is 16.5. The lowest BCUT2D eigenvalue weighted by molar-refractivity contribution is -0.142. The Morgan fingerprint density at radius 3 is 2.74 bits per heavy atom. The molecular formula is C16H21NO2. The van der Waals surface area contributed by atoms with Crippen molar-refractivity contribution in [1.29, 1.82) is 0 Å². The smallest absolute Gasteiger partial charge is 0.329 e. The molecule has 0 bridgehead atoms. The summed E-state index contributed by atoms with van der Waals surface area (Å²) in [6.07, 6.45) is 5.98. The Bertz CT molecular complexity index is 500. The van der Waals surface area contributed by atoms with Crippen molar-refractivity contribution >= 4 is 11.7 Å². The fourth-order valence-corrected chi connectivity index (χ4v) is 2.05. The van der Waals surface area contributed by atoms with E-state index in [4.69, 9.17) is 11.2 Å². The van der Waals surface area contributed by atoms with E-state index < -0.39 is 6.04 Å². The Labute approximate surface area is 115 Å². The minimum atomic E-state index is -0.417. The first kappa shape index (κ1) is 15.1. The van der Waals surface area contributed by atoms with Gasteiger partial charge >= 0.3 is 5.97 Å². The lowest BCUT2D eigenvalue weighted by Crippen LogP contribution is -2.29. The summed E-state index contributed by atoms with van der Waals surface area (Å²) in [6.45, 7) is 7.99. The van der Waals surface area contributed by atoms with Crippen LogP contribution >= 0.6 is 0 Å². The molecule has 1 N–H and O–H groups in total. The predicted octanol–water partition coefficient (Wildman–Crippen LogP) is 2.84. The fourth-order valence-electron chi connectivity index (χ4n) is 2.05. The van der Waals surface area contributed by atoms with Gasteiger partial charge < -0.3 is 10.1 Å². The number of rotatable bonds is 5. The van der Waals surface area contributed by atoms with Crippen molar-refractivity contribution in [1.82, 2.24) is 0 Å². The summed E-state index contributed by atoms with van der Waals surface area (Å²) in [5.74, 6) is 1.95. The van der Waals surface area contributed by atoms with Crippen LogP contribution in [0.4, 0.5) is 5.69 Å². The van der Waals surface area contributed by atoms with Crippen molar-refractivity contribution in [2.24, 2.45) is 0 Å². The SMILES string of the molecule is C#CCOC(=O)[C@H](C)Nc1c(C)cc(C)cc1CC. The quantitative estimate of drug-likeness (QED) is 0.652. The number of carbonyl (C=O) groups is 1. The van der Waals surface area contributed by atoms with Crippen molar-refractivity contribution in [3.8, 4) is 12.3 Å². The standard InChI is InChI=1S/C16H21NO2/c1-6-8-19-16(18)13(5)17-15-12(4)9-11(3)10-14(15)7-2/h1,9-10,13,17H,7-8H2,2-5H3/t13-/m0/s1. The van der Waals surface area contributed by atoms with Crippen molar-refractivity contribution in [2.75, 3.05) is 11.9 Å². The van der Waals surface area contributed by atoms with Gasteiger partial charge in [0, 0.05) is 5.69 Å². The third-order valence-electron chi connectivity index (χ3n) is 2.95. The summed E-state index contributed by atoms with van der Waals surface area (Å²) in [6, 6.07) is 3.82. The van der Waals surface area contributed by atoms with Crippen LogP contribution in [0.3, 0.4) is 0 Å². The van der Waals surface area contributed by atoms with Gasteiger partial charge in [0.2, 0.25) is 0 Å². The summed E-state index contributed by atoms with van der Waals surface area (Å²) in [5.41, 5.74) is 4.57. The van der Waals surface area contributed by atoms with Gasteiger partial charge in [0.15, 0.2) is 6.61 Å². The summed E-state index contributed by atoms with van der Waals surface area (Å²) in [5, 5.41) is 3.22. The number of hydrogen-bond donors (Lipinski definition) is 1. The van der Waals surface area contributed by atoms with Gasteiger partial charge in [-0.25, -0.2) is 4.79 Å². The van der Waals surface area contributed by atoms with Gasteiger partial charge in [-0.1, -0.05) is 30.5 Å². The molecule has 3 heteroatoms. The van der Waals surface area contributed by atoms with E-state index in [0.717, 1.165) is 17.7 Å². The molecule has 0 saturated carbocycles. The van der Waals surface area contributed by atoms with E-state index in [2.05, 4.69) is 37.2 Å². The van der Waals surface area contributed by atoms with Crippen LogP contribution in [0, 0.1) is 26.2 Å². The number of esters is 1. The molecule has 0 aliphatic carbocycles. The maximum Gasteiger partial charge on any atom is 0.329 e. The number of terminal acetylenes is 1. The normalized spacial score (nSPS) is 11.5. The molecule has 0 spiro atoms. The maximum atomic E-state index is 11.7. The van der Waals surface area contributed by atoms with Crippen LogP contribution in [-0.2, 0) is 16.0 Å². The zero-order valence-electron chi connectivity index (χ0n) is 12.0. The first-order valence-electron chi connectivity index (χ1n) is 6.46. The molecule has 0 aliphatic rings. The second kappa shape index (κ2) is 6.84. The Kier molecular flexibility index (Phi) is 5.44. The molecule has 0 aliphatic heterocycles.